The van der Waals surface area contributed by atoms with Gasteiger partial charge < -0.3 is 4.90 Å². The molecule has 0 unspecified atom stereocenters. The lowest BCUT2D eigenvalue weighted by molar-refractivity contribution is 1.28. The van der Waals surface area contributed by atoms with Crippen LogP contribution in [-0.4, -0.2) is 0 Å². The molecule has 1 heteroatoms. The molecule has 9 aromatic carbocycles. The van der Waals surface area contributed by atoms with Crippen molar-refractivity contribution >= 4 is 27.8 Å². The van der Waals surface area contributed by atoms with E-state index in [-0.39, 0.29) is 0 Å². The molecule has 9 rings (SSSR count). The molecule has 1 nitrogen and oxygen atoms in total. The molecule has 0 amide bonds. The number of hydrogen-bond donors (Lipinski definition) is 0. The minimum atomic E-state index is 1.10. The predicted octanol–water partition coefficient (Wildman–Crippen LogP) is 14.6. The van der Waals surface area contributed by atoms with Crippen molar-refractivity contribution in [1.29, 1.82) is 0 Å². The fraction of sp³-hybridized carbons (Fsp3) is 0. The number of nitrogens with zero attached hydrogens (tertiary/aromatic N) is 1. The van der Waals surface area contributed by atoms with Crippen LogP contribution in [0, 0.1) is 0 Å². The lowest BCUT2D eigenvalue weighted by Gasteiger charge is -2.26. The SMILES string of the molecule is c1ccc(-c2ccc(N(c3ccc(-c4ccccc4)cc3)c3cccc(-c4cccc(-c5cc(-c6ccccc6)c6ccccc6c5)c4)c3)cc2)cc1. The van der Waals surface area contributed by atoms with E-state index in [0.29, 0.717) is 0 Å². The molecule has 0 aromatic heterocycles. The van der Waals surface area contributed by atoms with Gasteiger partial charge in [0.15, 0.2) is 0 Å². The van der Waals surface area contributed by atoms with Crippen LogP contribution in [0.3, 0.4) is 0 Å². The van der Waals surface area contributed by atoms with Crippen molar-refractivity contribution in [1.82, 2.24) is 0 Å². The molecule has 9 aromatic rings. The molecular formula is C52H37N. The number of fused-ring (bicyclic) bond motifs is 1. The third kappa shape index (κ3) is 6.65. The Morgan fingerprint density at radius 2 is 0.660 bits per heavy atom. The van der Waals surface area contributed by atoms with Gasteiger partial charge in [0.25, 0.3) is 0 Å². The van der Waals surface area contributed by atoms with Crippen LogP contribution in [0.25, 0.3) is 66.4 Å². The molecule has 0 fully saturated rings. The molecule has 0 heterocycles. The molecule has 0 aliphatic carbocycles. The average molecular weight is 676 g/mol. The van der Waals surface area contributed by atoms with Crippen LogP contribution in [0.4, 0.5) is 17.1 Å². The summed E-state index contributed by atoms with van der Waals surface area (Å²) < 4.78 is 0. The molecule has 0 spiro atoms. The Hall–Kier alpha value is -6.96. The molecule has 0 saturated carbocycles. The maximum atomic E-state index is 2.35. The van der Waals surface area contributed by atoms with Gasteiger partial charge in [-0.3, -0.25) is 0 Å². The van der Waals surface area contributed by atoms with E-state index in [1.54, 1.807) is 0 Å². The van der Waals surface area contributed by atoms with E-state index in [1.165, 1.54) is 66.4 Å². The Morgan fingerprint density at radius 3 is 1.25 bits per heavy atom. The summed E-state index contributed by atoms with van der Waals surface area (Å²) in [5.41, 5.74) is 15.3. The molecule has 0 radical (unpaired) electrons. The van der Waals surface area contributed by atoms with Gasteiger partial charge in [-0.05, 0) is 121 Å². The topological polar surface area (TPSA) is 3.24 Å². The Bertz CT molecular complexity index is 2540. The minimum Gasteiger partial charge on any atom is -0.310 e. The molecule has 0 saturated heterocycles. The lowest BCUT2D eigenvalue weighted by atomic mass is 9.92. The van der Waals surface area contributed by atoms with Crippen molar-refractivity contribution in [3.8, 4) is 55.6 Å². The smallest absolute Gasteiger partial charge is 0.0467 e. The van der Waals surface area contributed by atoms with Gasteiger partial charge in [0.2, 0.25) is 0 Å². The molecule has 250 valence electrons. The lowest BCUT2D eigenvalue weighted by Crippen LogP contribution is -2.10. The van der Waals surface area contributed by atoms with Gasteiger partial charge in [0, 0.05) is 17.1 Å². The highest BCUT2D eigenvalue weighted by Gasteiger charge is 2.15. The molecule has 53 heavy (non-hydrogen) atoms. The van der Waals surface area contributed by atoms with Crippen LogP contribution < -0.4 is 4.90 Å². The second kappa shape index (κ2) is 14.3. The van der Waals surface area contributed by atoms with Crippen LogP contribution in [0.1, 0.15) is 0 Å². The fourth-order valence-electron chi connectivity index (χ4n) is 7.35. The van der Waals surface area contributed by atoms with Crippen LogP contribution >= 0.6 is 0 Å². The standard InChI is InChI=1S/C52H37N/c1-4-14-38(15-5-1)40-26-30-48(31-27-40)53(49-32-28-41(29-33-49)39-16-6-2-7-17-39)50-24-13-23-45(36-50)43-21-12-22-44(34-43)47-35-46-20-10-11-25-51(46)52(37-47)42-18-8-3-9-19-42/h1-37H. The largest absolute Gasteiger partial charge is 0.310 e. The van der Waals surface area contributed by atoms with Gasteiger partial charge >= 0.3 is 0 Å². The Kier molecular flexibility index (Phi) is 8.66. The fourth-order valence-corrected chi connectivity index (χ4v) is 7.35. The van der Waals surface area contributed by atoms with Crippen LogP contribution in [0.2, 0.25) is 0 Å². The molecular weight excluding hydrogens is 639 g/mol. The quantitative estimate of drug-likeness (QED) is 0.155. The van der Waals surface area contributed by atoms with E-state index >= 15 is 0 Å². The second-order valence-corrected chi connectivity index (χ2v) is 13.4. The first-order valence-electron chi connectivity index (χ1n) is 18.2. The number of benzene rings is 9. The summed E-state index contributed by atoms with van der Waals surface area (Å²) in [6.45, 7) is 0. The molecule has 0 aliphatic rings. The highest BCUT2D eigenvalue weighted by atomic mass is 15.1. The van der Waals surface area contributed by atoms with Crippen molar-refractivity contribution < 1.29 is 0 Å². The maximum Gasteiger partial charge on any atom is 0.0467 e. The summed E-state index contributed by atoms with van der Waals surface area (Å²) in [6, 6.07) is 80.8. The van der Waals surface area contributed by atoms with Crippen molar-refractivity contribution in [2.45, 2.75) is 0 Å². The maximum absolute atomic E-state index is 2.35. The zero-order chi connectivity index (χ0) is 35.4. The number of rotatable bonds is 8. The normalized spacial score (nSPS) is 11.0. The predicted molar refractivity (Wildman–Crippen MR) is 226 cm³/mol. The molecule has 0 bridgehead atoms. The number of anilines is 3. The third-order valence-electron chi connectivity index (χ3n) is 10.0. The van der Waals surface area contributed by atoms with Gasteiger partial charge in [-0.1, -0.05) is 170 Å². The van der Waals surface area contributed by atoms with E-state index in [0.717, 1.165) is 17.1 Å². The zero-order valence-corrected chi connectivity index (χ0v) is 29.3. The average Bonchev–Trinajstić information content (AvgIpc) is 3.25. The summed E-state index contributed by atoms with van der Waals surface area (Å²) in [5.74, 6) is 0. The molecule has 0 aliphatic heterocycles. The summed E-state index contributed by atoms with van der Waals surface area (Å²) >= 11 is 0. The summed E-state index contributed by atoms with van der Waals surface area (Å²) in [4.78, 5) is 2.35. The van der Waals surface area contributed by atoms with Gasteiger partial charge in [-0.15, -0.1) is 0 Å². The van der Waals surface area contributed by atoms with Crippen molar-refractivity contribution in [2.24, 2.45) is 0 Å². The molecule has 0 N–H and O–H groups in total. The Morgan fingerprint density at radius 1 is 0.226 bits per heavy atom. The molecule has 0 atom stereocenters. The summed E-state index contributed by atoms with van der Waals surface area (Å²) in [6.07, 6.45) is 0. The number of hydrogen-bond acceptors (Lipinski definition) is 1. The van der Waals surface area contributed by atoms with E-state index in [2.05, 4.69) is 229 Å². The van der Waals surface area contributed by atoms with Gasteiger partial charge in [0.1, 0.15) is 0 Å². The van der Waals surface area contributed by atoms with Crippen LogP contribution in [0.5, 0.6) is 0 Å². The van der Waals surface area contributed by atoms with Crippen LogP contribution in [-0.2, 0) is 0 Å². The van der Waals surface area contributed by atoms with Crippen molar-refractivity contribution in [3.63, 3.8) is 0 Å². The highest BCUT2D eigenvalue weighted by Crippen LogP contribution is 2.40. The first-order valence-corrected chi connectivity index (χ1v) is 18.2. The van der Waals surface area contributed by atoms with Gasteiger partial charge in [0.05, 0.1) is 0 Å². The van der Waals surface area contributed by atoms with Crippen LogP contribution in [0.15, 0.2) is 224 Å². The van der Waals surface area contributed by atoms with Crippen molar-refractivity contribution in [3.05, 3.63) is 224 Å². The van der Waals surface area contributed by atoms with E-state index in [1.807, 2.05) is 0 Å². The Balaban J connectivity index is 1.11. The summed E-state index contributed by atoms with van der Waals surface area (Å²) in [7, 11) is 0. The van der Waals surface area contributed by atoms with Crippen molar-refractivity contribution in [2.75, 3.05) is 4.90 Å². The van der Waals surface area contributed by atoms with Gasteiger partial charge in [-0.2, -0.15) is 0 Å². The van der Waals surface area contributed by atoms with E-state index in [4.69, 9.17) is 0 Å². The first-order chi connectivity index (χ1) is 26.3. The monoisotopic (exact) mass is 675 g/mol. The zero-order valence-electron chi connectivity index (χ0n) is 29.3. The minimum absolute atomic E-state index is 1.10. The first kappa shape index (κ1) is 32.0. The van der Waals surface area contributed by atoms with E-state index in [9.17, 15) is 0 Å². The second-order valence-electron chi connectivity index (χ2n) is 13.4. The third-order valence-corrected chi connectivity index (χ3v) is 10.0. The Labute approximate surface area is 311 Å². The van der Waals surface area contributed by atoms with E-state index < -0.39 is 0 Å². The van der Waals surface area contributed by atoms with Gasteiger partial charge in [-0.25, -0.2) is 0 Å². The highest BCUT2D eigenvalue weighted by molar-refractivity contribution is 6.00. The summed E-state index contributed by atoms with van der Waals surface area (Å²) in [5, 5.41) is 2.50.